The summed E-state index contributed by atoms with van der Waals surface area (Å²) in [7, 11) is 1.68. The SMILES string of the molecule is CC(C)C(c1ccc(F)cc1)N(C)C(=O)c1nccnc1N. The summed E-state index contributed by atoms with van der Waals surface area (Å²) in [4.78, 5) is 22.1. The summed E-state index contributed by atoms with van der Waals surface area (Å²) < 4.78 is 13.1. The van der Waals surface area contributed by atoms with Crippen LogP contribution in [0.25, 0.3) is 0 Å². The fraction of sp³-hybridized carbons (Fsp3) is 0.312. The van der Waals surface area contributed by atoms with Crippen LogP contribution in [0.1, 0.15) is 35.9 Å². The maximum Gasteiger partial charge on any atom is 0.276 e. The standard InChI is InChI=1S/C16H19FN4O/c1-10(2)14(11-4-6-12(17)7-5-11)21(3)16(22)13-15(18)20-9-8-19-13/h4-10,14H,1-3H3,(H2,18,20). The molecule has 2 aromatic rings. The van der Waals surface area contributed by atoms with Gasteiger partial charge in [-0.05, 0) is 23.6 Å². The Morgan fingerprint density at radius 2 is 1.77 bits per heavy atom. The fourth-order valence-corrected chi connectivity index (χ4v) is 2.52. The van der Waals surface area contributed by atoms with Crippen LogP contribution in [0.2, 0.25) is 0 Å². The minimum Gasteiger partial charge on any atom is -0.382 e. The number of hydrogen-bond donors (Lipinski definition) is 1. The van der Waals surface area contributed by atoms with Gasteiger partial charge in [-0.2, -0.15) is 0 Å². The van der Waals surface area contributed by atoms with Crippen LogP contribution in [0.4, 0.5) is 10.2 Å². The third-order valence-electron chi connectivity index (χ3n) is 3.51. The van der Waals surface area contributed by atoms with Crippen LogP contribution in [0, 0.1) is 11.7 Å². The summed E-state index contributed by atoms with van der Waals surface area (Å²) in [6.45, 7) is 4.00. The van der Waals surface area contributed by atoms with Gasteiger partial charge in [-0.1, -0.05) is 26.0 Å². The van der Waals surface area contributed by atoms with E-state index in [4.69, 9.17) is 5.73 Å². The molecular weight excluding hydrogens is 283 g/mol. The van der Waals surface area contributed by atoms with Crippen molar-refractivity contribution in [2.75, 3.05) is 12.8 Å². The molecular formula is C16H19FN4O. The Balaban J connectivity index is 2.34. The van der Waals surface area contributed by atoms with Crippen LogP contribution >= 0.6 is 0 Å². The highest BCUT2D eigenvalue weighted by Crippen LogP contribution is 2.29. The van der Waals surface area contributed by atoms with Gasteiger partial charge in [-0.25, -0.2) is 14.4 Å². The molecule has 0 spiro atoms. The molecule has 1 aromatic heterocycles. The number of nitrogens with zero attached hydrogens (tertiary/aromatic N) is 3. The van der Waals surface area contributed by atoms with Gasteiger partial charge < -0.3 is 10.6 Å². The molecule has 22 heavy (non-hydrogen) atoms. The van der Waals surface area contributed by atoms with Crippen molar-refractivity contribution in [3.8, 4) is 0 Å². The largest absolute Gasteiger partial charge is 0.382 e. The summed E-state index contributed by atoms with van der Waals surface area (Å²) in [6.07, 6.45) is 2.87. The van der Waals surface area contributed by atoms with Crippen LogP contribution in [0.5, 0.6) is 0 Å². The zero-order chi connectivity index (χ0) is 16.3. The smallest absolute Gasteiger partial charge is 0.276 e. The number of halogens is 1. The van der Waals surface area contributed by atoms with E-state index in [-0.39, 0.29) is 35.2 Å². The molecule has 1 aromatic carbocycles. The van der Waals surface area contributed by atoms with Crippen molar-refractivity contribution in [3.05, 3.63) is 53.7 Å². The molecule has 1 atom stereocenters. The van der Waals surface area contributed by atoms with Crippen LogP contribution in [0.15, 0.2) is 36.7 Å². The summed E-state index contributed by atoms with van der Waals surface area (Å²) in [6, 6.07) is 5.93. The summed E-state index contributed by atoms with van der Waals surface area (Å²) in [5, 5.41) is 0. The average molecular weight is 302 g/mol. The average Bonchev–Trinajstić information content (AvgIpc) is 2.49. The molecule has 2 rings (SSSR count). The summed E-state index contributed by atoms with van der Waals surface area (Å²) >= 11 is 0. The van der Waals surface area contributed by atoms with E-state index in [0.29, 0.717) is 0 Å². The minimum absolute atomic E-state index is 0.0981. The zero-order valence-corrected chi connectivity index (χ0v) is 12.8. The van der Waals surface area contributed by atoms with Gasteiger partial charge in [0, 0.05) is 19.4 Å². The van der Waals surface area contributed by atoms with Crippen LogP contribution in [-0.4, -0.2) is 27.8 Å². The maximum atomic E-state index is 13.1. The Morgan fingerprint density at radius 3 is 2.32 bits per heavy atom. The lowest BCUT2D eigenvalue weighted by molar-refractivity contribution is 0.0682. The van der Waals surface area contributed by atoms with Crippen LogP contribution < -0.4 is 5.73 Å². The Labute approximate surface area is 129 Å². The number of carbonyl (C=O) groups excluding carboxylic acids is 1. The molecule has 1 amide bonds. The predicted octanol–water partition coefficient (Wildman–Crippen LogP) is 2.67. The molecule has 0 aliphatic heterocycles. The van der Waals surface area contributed by atoms with Crippen molar-refractivity contribution >= 4 is 11.7 Å². The monoisotopic (exact) mass is 302 g/mol. The molecule has 2 N–H and O–H groups in total. The Morgan fingerprint density at radius 1 is 1.18 bits per heavy atom. The normalized spacial score (nSPS) is 12.2. The Kier molecular flexibility index (Phi) is 4.70. The Hall–Kier alpha value is -2.50. The minimum atomic E-state index is -0.311. The number of nitrogen functional groups attached to an aromatic ring is 1. The molecule has 0 aliphatic carbocycles. The number of nitrogens with two attached hydrogens (primary N) is 1. The highest BCUT2D eigenvalue weighted by Gasteiger charge is 2.27. The highest BCUT2D eigenvalue weighted by atomic mass is 19.1. The molecule has 0 saturated heterocycles. The van der Waals surface area contributed by atoms with Gasteiger partial charge in [0.2, 0.25) is 0 Å². The first kappa shape index (κ1) is 15.9. The van der Waals surface area contributed by atoms with Crippen molar-refractivity contribution in [1.82, 2.24) is 14.9 Å². The molecule has 0 radical (unpaired) electrons. The molecule has 0 saturated carbocycles. The van der Waals surface area contributed by atoms with E-state index in [1.54, 1.807) is 24.1 Å². The van der Waals surface area contributed by atoms with E-state index in [2.05, 4.69) is 9.97 Å². The second kappa shape index (κ2) is 6.51. The number of anilines is 1. The maximum absolute atomic E-state index is 13.1. The molecule has 1 heterocycles. The van der Waals surface area contributed by atoms with E-state index in [9.17, 15) is 9.18 Å². The lowest BCUT2D eigenvalue weighted by Crippen LogP contribution is -2.35. The first-order valence-electron chi connectivity index (χ1n) is 7.01. The second-order valence-corrected chi connectivity index (χ2v) is 5.45. The second-order valence-electron chi connectivity index (χ2n) is 5.45. The molecule has 1 unspecified atom stereocenters. The molecule has 6 heteroatoms. The molecule has 5 nitrogen and oxygen atoms in total. The van der Waals surface area contributed by atoms with Crippen LogP contribution in [-0.2, 0) is 0 Å². The van der Waals surface area contributed by atoms with Gasteiger partial charge in [0.15, 0.2) is 11.5 Å². The topological polar surface area (TPSA) is 72.1 Å². The molecule has 0 bridgehead atoms. The van der Waals surface area contributed by atoms with Crippen LogP contribution in [0.3, 0.4) is 0 Å². The number of hydrogen-bond acceptors (Lipinski definition) is 4. The molecule has 0 aliphatic rings. The van der Waals surface area contributed by atoms with Gasteiger partial charge in [0.25, 0.3) is 5.91 Å². The summed E-state index contributed by atoms with van der Waals surface area (Å²) in [5.41, 5.74) is 6.70. The first-order valence-corrected chi connectivity index (χ1v) is 7.01. The molecule has 0 fully saturated rings. The first-order chi connectivity index (χ1) is 10.4. The number of rotatable bonds is 4. The zero-order valence-electron chi connectivity index (χ0n) is 12.8. The number of amides is 1. The van der Waals surface area contributed by atoms with E-state index >= 15 is 0 Å². The van der Waals surface area contributed by atoms with Gasteiger partial charge in [0.1, 0.15) is 5.82 Å². The van der Waals surface area contributed by atoms with Crippen molar-refractivity contribution in [2.24, 2.45) is 5.92 Å². The summed E-state index contributed by atoms with van der Waals surface area (Å²) in [5.74, 6) is -0.384. The third kappa shape index (κ3) is 3.21. The third-order valence-corrected chi connectivity index (χ3v) is 3.51. The van der Waals surface area contributed by atoms with Crippen molar-refractivity contribution < 1.29 is 9.18 Å². The fourth-order valence-electron chi connectivity index (χ4n) is 2.52. The van der Waals surface area contributed by atoms with Crippen molar-refractivity contribution in [3.63, 3.8) is 0 Å². The number of carbonyl (C=O) groups is 1. The predicted molar refractivity (Wildman–Crippen MR) is 82.5 cm³/mol. The molecule has 116 valence electrons. The van der Waals surface area contributed by atoms with Gasteiger partial charge in [0.05, 0.1) is 6.04 Å². The van der Waals surface area contributed by atoms with Crippen molar-refractivity contribution in [1.29, 1.82) is 0 Å². The van der Waals surface area contributed by atoms with E-state index < -0.39 is 0 Å². The quantitative estimate of drug-likeness (QED) is 0.942. The van der Waals surface area contributed by atoms with E-state index in [0.717, 1.165) is 5.56 Å². The Bertz CT molecular complexity index is 657. The van der Waals surface area contributed by atoms with Gasteiger partial charge in [-0.3, -0.25) is 4.79 Å². The highest BCUT2D eigenvalue weighted by molar-refractivity contribution is 5.96. The van der Waals surface area contributed by atoms with Crippen molar-refractivity contribution in [2.45, 2.75) is 19.9 Å². The lowest BCUT2D eigenvalue weighted by Gasteiger charge is -2.31. The lowest BCUT2D eigenvalue weighted by atomic mass is 9.94. The van der Waals surface area contributed by atoms with Gasteiger partial charge >= 0.3 is 0 Å². The number of aromatic nitrogens is 2. The van der Waals surface area contributed by atoms with E-state index in [1.165, 1.54) is 24.5 Å². The van der Waals surface area contributed by atoms with Gasteiger partial charge in [-0.15, -0.1) is 0 Å². The van der Waals surface area contributed by atoms with E-state index in [1.807, 2.05) is 13.8 Å². The number of benzene rings is 1.